The number of hydrogen-bond donors (Lipinski definition) is 1. The maximum Gasteiger partial charge on any atom is 0.309 e. The van der Waals surface area contributed by atoms with Crippen LogP contribution in [-0.2, 0) is 19.1 Å². The first kappa shape index (κ1) is 23.5. The number of carbonyl (C=O) groups excluding carboxylic acids is 2. The maximum atomic E-state index is 13.1. The molecule has 2 N–H and O–H groups in total. The lowest BCUT2D eigenvalue weighted by Crippen LogP contribution is -2.64. The number of hydrogen-bond acceptors (Lipinski definition) is 7. The van der Waals surface area contributed by atoms with E-state index in [0.29, 0.717) is 25.3 Å². The number of amides is 1. The fourth-order valence-electron chi connectivity index (χ4n) is 4.30. The minimum absolute atomic E-state index is 0.0246. The highest BCUT2D eigenvalue weighted by Crippen LogP contribution is 2.34. The molecule has 2 fully saturated rings. The smallest absolute Gasteiger partial charge is 0.309 e. The van der Waals surface area contributed by atoms with Gasteiger partial charge in [-0.25, -0.2) is 0 Å². The highest BCUT2D eigenvalue weighted by molar-refractivity contribution is 5.97. The number of methoxy groups -OCH3 is 1. The zero-order valence-electron chi connectivity index (χ0n) is 19.2. The van der Waals surface area contributed by atoms with Crippen LogP contribution >= 0.6 is 0 Å². The monoisotopic (exact) mass is 433 g/mol. The van der Waals surface area contributed by atoms with E-state index in [-0.39, 0.29) is 54.7 Å². The van der Waals surface area contributed by atoms with Crippen LogP contribution in [0.5, 0.6) is 5.75 Å². The van der Waals surface area contributed by atoms with Crippen LogP contribution in [0.3, 0.4) is 0 Å². The summed E-state index contributed by atoms with van der Waals surface area (Å²) in [5.74, 6) is 0.542. The molecule has 3 atom stereocenters. The van der Waals surface area contributed by atoms with E-state index < -0.39 is 0 Å². The Hall–Kier alpha value is -2.16. The van der Waals surface area contributed by atoms with Gasteiger partial charge < -0.3 is 24.8 Å². The van der Waals surface area contributed by atoms with Gasteiger partial charge in [0.1, 0.15) is 11.9 Å². The lowest BCUT2D eigenvalue weighted by molar-refractivity contribution is -0.146. The van der Waals surface area contributed by atoms with Gasteiger partial charge in [0.2, 0.25) is 5.91 Å². The first-order valence-corrected chi connectivity index (χ1v) is 10.9. The van der Waals surface area contributed by atoms with E-state index in [1.165, 1.54) is 0 Å². The molecule has 0 aliphatic carbocycles. The van der Waals surface area contributed by atoms with Gasteiger partial charge in [-0.3, -0.25) is 14.5 Å². The number of carbonyl (C=O) groups is 2. The Labute approximate surface area is 184 Å². The van der Waals surface area contributed by atoms with Gasteiger partial charge >= 0.3 is 5.97 Å². The minimum Gasteiger partial charge on any atom is -0.465 e. The molecule has 2 aliphatic heterocycles. The standard InChI is InChI=1S/C23H35N3O5/c1-15(2)16-10-20(31-22(16)28)17(24)11-25-12-21(27)26(13-23(25,3)4)18-8-6-7-9-19(18)30-14-29-5/h6-9,15-17,20H,10-14,24H2,1-5H3/t16-,17?,20-/m0/s1. The second-order valence-electron chi connectivity index (χ2n) is 9.42. The molecule has 8 heteroatoms. The largest absolute Gasteiger partial charge is 0.465 e. The van der Waals surface area contributed by atoms with Crippen molar-refractivity contribution >= 4 is 17.6 Å². The number of rotatable bonds is 8. The number of nitrogens with two attached hydrogens (primary N) is 1. The third-order valence-corrected chi connectivity index (χ3v) is 6.29. The van der Waals surface area contributed by atoms with Gasteiger partial charge in [-0.1, -0.05) is 26.0 Å². The number of para-hydroxylation sites is 2. The van der Waals surface area contributed by atoms with Crippen molar-refractivity contribution in [1.29, 1.82) is 0 Å². The van der Waals surface area contributed by atoms with E-state index in [9.17, 15) is 9.59 Å². The molecule has 0 bridgehead atoms. The fraction of sp³-hybridized carbons (Fsp3) is 0.652. The van der Waals surface area contributed by atoms with E-state index in [2.05, 4.69) is 18.7 Å². The minimum atomic E-state index is -0.344. The summed E-state index contributed by atoms with van der Waals surface area (Å²) in [5.41, 5.74) is 6.86. The first-order valence-electron chi connectivity index (χ1n) is 10.9. The van der Waals surface area contributed by atoms with Gasteiger partial charge in [0.25, 0.3) is 0 Å². The molecule has 0 aromatic heterocycles. The Morgan fingerprint density at radius 2 is 1.97 bits per heavy atom. The topological polar surface area (TPSA) is 94.3 Å². The highest BCUT2D eigenvalue weighted by Gasteiger charge is 2.43. The zero-order chi connectivity index (χ0) is 22.8. The zero-order valence-corrected chi connectivity index (χ0v) is 19.2. The summed E-state index contributed by atoms with van der Waals surface area (Å²) in [4.78, 5) is 29.1. The van der Waals surface area contributed by atoms with Crippen molar-refractivity contribution < 1.29 is 23.8 Å². The van der Waals surface area contributed by atoms with Gasteiger partial charge in [-0.15, -0.1) is 0 Å². The van der Waals surface area contributed by atoms with Crippen LogP contribution in [0.1, 0.15) is 34.1 Å². The SMILES string of the molecule is COCOc1ccccc1N1CC(C)(C)N(CC(N)[C@@H]2C[C@@H](C(C)C)C(=O)O2)CC1=O. The number of ether oxygens (including phenoxy) is 3. The Morgan fingerprint density at radius 3 is 2.61 bits per heavy atom. The average Bonchev–Trinajstić information content (AvgIpc) is 3.11. The molecule has 2 heterocycles. The molecule has 172 valence electrons. The Morgan fingerprint density at radius 1 is 1.26 bits per heavy atom. The predicted octanol–water partition coefficient (Wildman–Crippen LogP) is 2.01. The van der Waals surface area contributed by atoms with Crippen LogP contribution in [0.4, 0.5) is 5.69 Å². The van der Waals surface area contributed by atoms with Crippen molar-refractivity contribution in [3.63, 3.8) is 0 Å². The predicted molar refractivity (Wildman–Crippen MR) is 118 cm³/mol. The number of cyclic esters (lactones) is 1. The van der Waals surface area contributed by atoms with E-state index in [4.69, 9.17) is 19.9 Å². The lowest BCUT2D eigenvalue weighted by Gasteiger charge is -2.47. The molecule has 0 spiro atoms. The van der Waals surface area contributed by atoms with Crippen molar-refractivity contribution in [3.8, 4) is 5.75 Å². The molecule has 0 radical (unpaired) electrons. The van der Waals surface area contributed by atoms with Crippen molar-refractivity contribution in [1.82, 2.24) is 4.90 Å². The third kappa shape index (κ3) is 5.19. The van der Waals surface area contributed by atoms with Gasteiger partial charge in [0.15, 0.2) is 6.79 Å². The van der Waals surface area contributed by atoms with E-state index in [0.717, 1.165) is 5.69 Å². The molecule has 0 saturated carbocycles. The van der Waals surface area contributed by atoms with Crippen LogP contribution in [0.25, 0.3) is 0 Å². The Bertz CT molecular complexity index is 797. The normalized spacial score (nSPS) is 25.1. The molecule has 3 rings (SSSR count). The number of esters is 1. The second-order valence-corrected chi connectivity index (χ2v) is 9.42. The van der Waals surface area contributed by atoms with Crippen LogP contribution in [-0.4, -0.2) is 68.0 Å². The molecular formula is C23H35N3O5. The summed E-state index contributed by atoms with van der Waals surface area (Å²) in [6.45, 7) is 9.55. The molecule has 2 aliphatic rings. The first-order chi connectivity index (χ1) is 14.6. The van der Waals surface area contributed by atoms with Gasteiger partial charge in [0, 0.05) is 25.7 Å². The van der Waals surface area contributed by atoms with Gasteiger partial charge in [-0.2, -0.15) is 0 Å². The van der Waals surface area contributed by atoms with E-state index >= 15 is 0 Å². The second kappa shape index (κ2) is 9.54. The summed E-state index contributed by atoms with van der Waals surface area (Å²) >= 11 is 0. The summed E-state index contributed by atoms with van der Waals surface area (Å²) in [6, 6.07) is 7.12. The van der Waals surface area contributed by atoms with Crippen molar-refractivity contribution in [3.05, 3.63) is 24.3 Å². The number of benzene rings is 1. The molecular weight excluding hydrogens is 398 g/mol. The van der Waals surface area contributed by atoms with Crippen LogP contribution in [0, 0.1) is 11.8 Å². The fourth-order valence-corrected chi connectivity index (χ4v) is 4.30. The van der Waals surface area contributed by atoms with Crippen LogP contribution in [0.15, 0.2) is 24.3 Å². The summed E-state index contributed by atoms with van der Waals surface area (Å²) in [5, 5.41) is 0. The van der Waals surface area contributed by atoms with Crippen molar-refractivity contribution in [2.75, 3.05) is 38.4 Å². The van der Waals surface area contributed by atoms with Crippen molar-refractivity contribution in [2.24, 2.45) is 17.6 Å². The molecule has 2 saturated heterocycles. The van der Waals surface area contributed by atoms with E-state index in [1.54, 1.807) is 12.0 Å². The summed E-state index contributed by atoms with van der Waals surface area (Å²) < 4.78 is 16.2. The third-order valence-electron chi connectivity index (χ3n) is 6.29. The number of piperazine rings is 1. The number of anilines is 1. The Balaban J connectivity index is 1.69. The van der Waals surface area contributed by atoms with Crippen LogP contribution < -0.4 is 15.4 Å². The molecule has 8 nitrogen and oxygen atoms in total. The quantitative estimate of drug-likeness (QED) is 0.495. The van der Waals surface area contributed by atoms with Gasteiger partial charge in [0.05, 0.1) is 24.2 Å². The molecule has 1 amide bonds. The van der Waals surface area contributed by atoms with Gasteiger partial charge in [-0.05, 0) is 38.3 Å². The summed E-state index contributed by atoms with van der Waals surface area (Å²) in [6.07, 6.45) is 0.322. The van der Waals surface area contributed by atoms with Crippen LogP contribution in [0.2, 0.25) is 0 Å². The summed E-state index contributed by atoms with van der Waals surface area (Å²) in [7, 11) is 1.56. The Kier molecular flexibility index (Phi) is 7.24. The average molecular weight is 434 g/mol. The maximum absolute atomic E-state index is 13.1. The highest BCUT2D eigenvalue weighted by atomic mass is 16.7. The number of nitrogens with zero attached hydrogens (tertiary/aromatic N) is 2. The van der Waals surface area contributed by atoms with E-state index in [1.807, 2.05) is 38.1 Å². The molecule has 1 aromatic carbocycles. The lowest BCUT2D eigenvalue weighted by atomic mass is 9.90. The molecule has 1 unspecified atom stereocenters. The molecule has 1 aromatic rings. The van der Waals surface area contributed by atoms with Crippen molar-refractivity contribution in [2.45, 2.75) is 51.8 Å². The molecule has 31 heavy (non-hydrogen) atoms.